The molecule has 0 saturated heterocycles. The van der Waals surface area contributed by atoms with Crippen molar-refractivity contribution in [2.45, 2.75) is 0 Å². The van der Waals surface area contributed by atoms with Gasteiger partial charge >= 0.3 is 0 Å². The molecule has 2 rings (SSSR count). The van der Waals surface area contributed by atoms with Gasteiger partial charge in [0.2, 0.25) is 0 Å². The third-order valence-corrected chi connectivity index (χ3v) is 3.22. The van der Waals surface area contributed by atoms with Crippen LogP contribution in [0.2, 0.25) is 20.2 Å². The van der Waals surface area contributed by atoms with E-state index in [1.807, 2.05) is 0 Å². The number of halogens is 4. The summed E-state index contributed by atoms with van der Waals surface area (Å²) in [6.45, 7) is 0. The molecule has 2 N–H and O–H groups in total. The molecule has 0 atom stereocenters. The zero-order valence-electron chi connectivity index (χ0n) is 8.22. The number of nitrogen functional groups attached to an aromatic ring is 1. The van der Waals surface area contributed by atoms with Gasteiger partial charge < -0.3 is 5.73 Å². The number of nitrogens with two attached hydrogens (primary N) is 1. The van der Waals surface area contributed by atoms with Gasteiger partial charge in [0.1, 0.15) is 10.8 Å². The molecule has 0 spiro atoms. The van der Waals surface area contributed by atoms with Gasteiger partial charge in [0.25, 0.3) is 0 Å². The van der Waals surface area contributed by atoms with Gasteiger partial charge in [0, 0.05) is 10.6 Å². The molecule has 0 aliphatic rings. The van der Waals surface area contributed by atoms with E-state index in [1.54, 1.807) is 6.07 Å². The number of nitrogens with zero attached hydrogens (tertiary/aromatic N) is 2. The summed E-state index contributed by atoms with van der Waals surface area (Å²) in [5.41, 5.74) is 6.63. The van der Waals surface area contributed by atoms with Gasteiger partial charge in [-0.15, -0.1) is 0 Å². The quantitative estimate of drug-likeness (QED) is 0.797. The van der Waals surface area contributed by atoms with E-state index < -0.39 is 0 Å². The normalized spacial score (nSPS) is 10.6. The van der Waals surface area contributed by atoms with Gasteiger partial charge in [-0.25, -0.2) is 9.97 Å². The van der Waals surface area contributed by atoms with Crippen LogP contribution < -0.4 is 5.73 Å². The number of hydrogen-bond acceptors (Lipinski definition) is 3. The number of hydrogen-bond donors (Lipinski definition) is 1. The zero-order valence-corrected chi connectivity index (χ0v) is 11.2. The summed E-state index contributed by atoms with van der Waals surface area (Å²) >= 11 is 23.6. The highest BCUT2D eigenvalue weighted by atomic mass is 35.5. The van der Waals surface area contributed by atoms with Crippen molar-refractivity contribution in [3.05, 3.63) is 38.6 Å². The topological polar surface area (TPSA) is 51.8 Å². The Morgan fingerprint density at radius 2 is 1.76 bits per heavy atom. The predicted molar refractivity (Wildman–Crippen MR) is 71.9 cm³/mol. The van der Waals surface area contributed by atoms with Crippen molar-refractivity contribution >= 4 is 52.2 Å². The van der Waals surface area contributed by atoms with Gasteiger partial charge in [-0.3, -0.25) is 0 Å². The van der Waals surface area contributed by atoms with Gasteiger partial charge in [0.15, 0.2) is 5.82 Å². The van der Waals surface area contributed by atoms with E-state index in [1.165, 1.54) is 12.3 Å². The largest absolute Gasteiger partial charge is 0.382 e. The van der Waals surface area contributed by atoms with E-state index >= 15 is 0 Å². The Bertz CT molecular complexity index is 586. The van der Waals surface area contributed by atoms with Crippen molar-refractivity contribution in [3.63, 3.8) is 0 Å². The smallest absolute Gasteiger partial charge is 0.151 e. The lowest BCUT2D eigenvalue weighted by Crippen LogP contribution is -1.97. The molecule has 0 aliphatic heterocycles. The molecule has 17 heavy (non-hydrogen) atoms. The summed E-state index contributed by atoms with van der Waals surface area (Å²) in [5, 5.41) is 1.28. The summed E-state index contributed by atoms with van der Waals surface area (Å²) in [6, 6.07) is 3.15. The molecule has 0 fully saturated rings. The summed E-state index contributed by atoms with van der Waals surface area (Å²) in [4.78, 5) is 7.96. The molecule has 88 valence electrons. The maximum Gasteiger partial charge on any atom is 0.151 e. The Morgan fingerprint density at radius 3 is 2.41 bits per heavy atom. The molecule has 0 amide bonds. The summed E-state index contributed by atoms with van der Waals surface area (Å²) in [7, 11) is 0. The van der Waals surface area contributed by atoms with Crippen molar-refractivity contribution in [1.29, 1.82) is 0 Å². The van der Waals surface area contributed by atoms with Crippen molar-refractivity contribution in [2.24, 2.45) is 0 Å². The second kappa shape index (κ2) is 4.86. The van der Waals surface area contributed by atoms with Gasteiger partial charge in [0.05, 0.1) is 16.2 Å². The molecule has 3 nitrogen and oxygen atoms in total. The van der Waals surface area contributed by atoms with Gasteiger partial charge in [-0.05, 0) is 12.1 Å². The molecule has 1 heterocycles. The summed E-state index contributed by atoms with van der Waals surface area (Å²) in [6.07, 6.45) is 1.37. The standard InChI is InChI=1S/C10H5Cl4N3/c11-4-1-5(8(14)6(12)2-4)9-10(15)17-7(13)3-16-9/h1-3H,(H2,15,17). The molecule has 0 bridgehead atoms. The van der Waals surface area contributed by atoms with Crippen molar-refractivity contribution in [2.75, 3.05) is 5.73 Å². The lowest BCUT2D eigenvalue weighted by molar-refractivity contribution is 1.22. The monoisotopic (exact) mass is 307 g/mol. The lowest BCUT2D eigenvalue weighted by Gasteiger charge is -2.08. The number of benzene rings is 1. The van der Waals surface area contributed by atoms with E-state index in [0.29, 0.717) is 26.3 Å². The van der Waals surface area contributed by atoms with Gasteiger partial charge in [-0.2, -0.15) is 0 Å². The van der Waals surface area contributed by atoms with Crippen LogP contribution in [0, 0.1) is 0 Å². The van der Waals surface area contributed by atoms with Crippen LogP contribution in [-0.4, -0.2) is 9.97 Å². The third kappa shape index (κ3) is 2.58. The molecular weight excluding hydrogens is 304 g/mol. The van der Waals surface area contributed by atoms with E-state index in [2.05, 4.69) is 9.97 Å². The highest BCUT2D eigenvalue weighted by Gasteiger charge is 2.14. The van der Waals surface area contributed by atoms with E-state index in [9.17, 15) is 0 Å². The summed E-state index contributed by atoms with van der Waals surface area (Å²) in [5.74, 6) is 0.165. The van der Waals surface area contributed by atoms with Crippen LogP contribution in [0.25, 0.3) is 11.3 Å². The molecule has 0 unspecified atom stereocenters. The lowest BCUT2D eigenvalue weighted by atomic mass is 10.1. The number of anilines is 1. The highest BCUT2D eigenvalue weighted by Crippen LogP contribution is 2.37. The Balaban J connectivity index is 2.68. The first kappa shape index (κ1) is 12.7. The minimum Gasteiger partial charge on any atom is -0.382 e. The average molecular weight is 309 g/mol. The number of rotatable bonds is 1. The molecule has 0 radical (unpaired) electrons. The van der Waals surface area contributed by atoms with E-state index in [-0.39, 0.29) is 11.0 Å². The van der Waals surface area contributed by atoms with Crippen LogP contribution in [0.3, 0.4) is 0 Å². The average Bonchev–Trinajstić information content (AvgIpc) is 2.24. The molecule has 0 aliphatic carbocycles. The fourth-order valence-corrected chi connectivity index (χ4v) is 2.15. The zero-order chi connectivity index (χ0) is 12.6. The molecule has 2 aromatic rings. The maximum absolute atomic E-state index is 6.06. The second-order valence-electron chi connectivity index (χ2n) is 3.18. The Morgan fingerprint density at radius 1 is 1.06 bits per heavy atom. The Hall–Kier alpha value is -0.740. The summed E-state index contributed by atoms with van der Waals surface area (Å²) < 4.78 is 0. The predicted octanol–water partition coefficient (Wildman–Crippen LogP) is 4.34. The first-order valence-electron chi connectivity index (χ1n) is 4.42. The first-order chi connectivity index (χ1) is 7.99. The minimum atomic E-state index is 0.165. The maximum atomic E-state index is 6.06. The minimum absolute atomic E-state index is 0.165. The van der Waals surface area contributed by atoms with Crippen LogP contribution in [0.1, 0.15) is 0 Å². The number of aromatic nitrogens is 2. The second-order valence-corrected chi connectivity index (χ2v) is 4.78. The van der Waals surface area contributed by atoms with Crippen molar-refractivity contribution in [3.8, 4) is 11.3 Å². The highest BCUT2D eigenvalue weighted by molar-refractivity contribution is 6.45. The van der Waals surface area contributed by atoms with Crippen molar-refractivity contribution < 1.29 is 0 Å². The van der Waals surface area contributed by atoms with Crippen LogP contribution in [0.4, 0.5) is 5.82 Å². The fraction of sp³-hybridized carbons (Fsp3) is 0. The van der Waals surface area contributed by atoms with E-state index in [4.69, 9.17) is 52.1 Å². The SMILES string of the molecule is Nc1nc(Cl)cnc1-c1cc(Cl)cc(Cl)c1Cl. The van der Waals surface area contributed by atoms with Crippen LogP contribution >= 0.6 is 46.4 Å². The third-order valence-electron chi connectivity index (χ3n) is 2.02. The fourth-order valence-electron chi connectivity index (χ4n) is 1.32. The Labute approximate surface area is 117 Å². The van der Waals surface area contributed by atoms with Gasteiger partial charge in [-0.1, -0.05) is 46.4 Å². The molecule has 7 heteroatoms. The molecule has 0 saturated carbocycles. The van der Waals surface area contributed by atoms with E-state index in [0.717, 1.165) is 0 Å². The first-order valence-corrected chi connectivity index (χ1v) is 5.93. The molecular formula is C10H5Cl4N3. The molecule has 1 aromatic carbocycles. The Kier molecular flexibility index (Phi) is 3.64. The van der Waals surface area contributed by atoms with Crippen LogP contribution in [0.5, 0.6) is 0 Å². The van der Waals surface area contributed by atoms with Crippen LogP contribution in [0.15, 0.2) is 18.3 Å². The molecule has 1 aromatic heterocycles. The van der Waals surface area contributed by atoms with Crippen LogP contribution in [-0.2, 0) is 0 Å². The van der Waals surface area contributed by atoms with Crippen molar-refractivity contribution in [1.82, 2.24) is 9.97 Å².